The number of methoxy groups -OCH3 is 1. The van der Waals surface area contributed by atoms with E-state index in [4.69, 9.17) is 15.2 Å². The summed E-state index contributed by atoms with van der Waals surface area (Å²) in [5.74, 6) is 0.773. The van der Waals surface area contributed by atoms with Crippen LogP contribution in [0, 0.1) is 5.92 Å². The van der Waals surface area contributed by atoms with Gasteiger partial charge in [-0.15, -0.1) is 0 Å². The Kier molecular flexibility index (Phi) is 6.22. The highest BCUT2D eigenvalue weighted by Crippen LogP contribution is 2.14. The highest BCUT2D eigenvalue weighted by atomic mass is 16.5. The molecular weight excluding hydrogens is 230 g/mol. The summed E-state index contributed by atoms with van der Waals surface area (Å²) >= 11 is 0. The van der Waals surface area contributed by atoms with Crippen molar-refractivity contribution in [3.63, 3.8) is 0 Å². The van der Waals surface area contributed by atoms with E-state index in [0.29, 0.717) is 13.0 Å². The normalized spacial score (nSPS) is 11.9. The fourth-order valence-corrected chi connectivity index (χ4v) is 1.62. The Hall–Kier alpha value is -1.55. The number of hydrogen-bond donors (Lipinski definition) is 1. The molecule has 1 atom stereocenters. The largest absolute Gasteiger partial charge is 0.497 e. The van der Waals surface area contributed by atoms with E-state index < -0.39 is 0 Å². The number of carbonyl (C=O) groups is 1. The van der Waals surface area contributed by atoms with Gasteiger partial charge in [0.05, 0.1) is 7.11 Å². The second kappa shape index (κ2) is 7.71. The van der Waals surface area contributed by atoms with Crippen LogP contribution in [-0.2, 0) is 16.1 Å². The number of rotatable bonds is 7. The summed E-state index contributed by atoms with van der Waals surface area (Å²) in [6.07, 6.45) is 1.28. The van der Waals surface area contributed by atoms with Gasteiger partial charge in [-0.2, -0.15) is 0 Å². The molecule has 0 aliphatic rings. The summed E-state index contributed by atoms with van der Waals surface area (Å²) in [6, 6.07) is 7.48. The van der Waals surface area contributed by atoms with E-state index in [1.165, 1.54) is 0 Å². The molecular formula is C14H21NO3. The number of nitrogens with two attached hydrogens (primary N) is 1. The maximum absolute atomic E-state index is 11.6. The minimum atomic E-state index is -0.199. The van der Waals surface area contributed by atoms with Gasteiger partial charge >= 0.3 is 5.97 Å². The van der Waals surface area contributed by atoms with Gasteiger partial charge in [-0.3, -0.25) is 4.79 Å². The molecule has 1 unspecified atom stereocenters. The van der Waals surface area contributed by atoms with Crippen LogP contribution in [0.25, 0.3) is 0 Å². The monoisotopic (exact) mass is 251 g/mol. The third kappa shape index (κ3) is 4.75. The molecule has 0 radical (unpaired) electrons. The predicted molar refractivity (Wildman–Crippen MR) is 70.2 cm³/mol. The third-order valence-electron chi connectivity index (χ3n) is 2.90. The first-order valence-electron chi connectivity index (χ1n) is 6.18. The van der Waals surface area contributed by atoms with Crippen LogP contribution in [0.15, 0.2) is 24.3 Å². The minimum Gasteiger partial charge on any atom is -0.497 e. The SMILES string of the molecule is CCC(CN)CC(=O)OCc1cccc(OC)c1. The molecule has 100 valence electrons. The lowest BCUT2D eigenvalue weighted by atomic mass is 10.0. The second-order valence-corrected chi connectivity index (χ2v) is 4.23. The zero-order valence-electron chi connectivity index (χ0n) is 11.0. The van der Waals surface area contributed by atoms with Gasteiger partial charge in [0.15, 0.2) is 0 Å². The first-order chi connectivity index (χ1) is 8.69. The third-order valence-corrected chi connectivity index (χ3v) is 2.90. The molecule has 0 fully saturated rings. The van der Waals surface area contributed by atoms with Gasteiger partial charge in [0.1, 0.15) is 12.4 Å². The van der Waals surface area contributed by atoms with Gasteiger partial charge in [-0.25, -0.2) is 0 Å². The van der Waals surface area contributed by atoms with Crippen LogP contribution < -0.4 is 10.5 Å². The van der Waals surface area contributed by atoms with Crippen molar-refractivity contribution in [3.8, 4) is 5.75 Å². The summed E-state index contributed by atoms with van der Waals surface area (Å²) in [7, 11) is 1.61. The molecule has 1 aromatic rings. The molecule has 0 aliphatic heterocycles. The van der Waals surface area contributed by atoms with E-state index in [1.807, 2.05) is 31.2 Å². The molecule has 18 heavy (non-hydrogen) atoms. The predicted octanol–water partition coefficient (Wildman–Crippen LogP) is 2.11. The van der Waals surface area contributed by atoms with Crippen LogP contribution >= 0.6 is 0 Å². The molecule has 0 bridgehead atoms. The zero-order chi connectivity index (χ0) is 13.4. The van der Waals surface area contributed by atoms with Crippen molar-refractivity contribution in [2.75, 3.05) is 13.7 Å². The summed E-state index contributed by atoms with van der Waals surface area (Å²) in [4.78, 5) is 11.6. The van der Waals surface area contributed by atoms with Gasteiger partial charge in [0, 0.05) is 6.42 Å². The van der Waals surface area contributed by atoms with Crippen LogP contribution in [0.2, 0.25) is 0 Å². The Balaban J connectivity index is 2.42. The van der Waals surface area contributed by atoms with Gasteiger partial charge in [0.2, 0.25) is 0 Å². The van der Waals surface area contributed by atoms with Crippen molar-refractivity contribution in [1.29, 1.82) is 0 Å². The van der Waals surface area contributed by atoms with Crippen molar-refractivity contribution in [3.05, 3.63) is 29.8 Å². The Morgan fingerprint density at radius 2 is 2.22 bits per heavy atom. The summed E-state index contributed by atoms with van der Waals surface area (Å²) in [6.45, 7) is 2.81. The number of hydrogen-bond acceptors (Lipinski definition) is 4. The zero-order valence-corrected chi connectivity index (χ0v) is 11.0. The number of benzene rings is 1. The van der Waals surface area contributed by atoms with Crippen molar-refractivity contribution in [2.45, 2.75) is 26.4 Å². The number of esters is 1. The molecule has 0 saturated heterocycles. The van der Waals surface area contributed by atoms with Crippen LogP contribution in [0.3, 0.4) is 0 Å². The Labute approximate surface area is 108 Å². The average Bonchev–Trinajstić information content (AvgIpc) is 2.42. The fourth-order valence-electron chi connectivity index (χ4n) is 1.62. The van der Waals surface area contributed by atoms with E-state index in [1.54, 1.807) is 7.11 Å². The van der Waals surface area contributed by atoms with Crippen molar-refractivity contribution >= 4 is 5.97 Å². The van der Waals surface area contributed by atoms with E-state index in [2.05, 4.69) is 0 Å². The Morgan fingerprint density at radius 1 is 1.44 bits per heavy atom. The Morgan fingerprint density at radius 3 is 2.83 bits per heavy atom. The summed E-state index contributed by atoms with van der Waals surface area (Å²) in [5, 5.41) is 0. The Bertz CT molecular complexity index is 375. The topological polar surface area (TPSA) is 61.6 Å². The number of ether oxygens (including phenoxy) is 2. The minimum absolute atomic E-state index is 0.199. The highest BCUT2D eigenvalue weighted by Gasteiger charge is 2.11. The second-order valence-electron chi connectivity index (χ2n) is 4.23. The summed E-state index contributed by atoms with van der Waals surface area (Å²) in [5.41, 5.74) is 6.47. The highest BCUT2D eigenvalue weighted by molar-refractivity contribution is 5.69. The van der Waals surface area contributed by atoms with E-state index in [0.717, 1.165) is 17.7 Å². The van der Waals surface area contributed by atoms with E-state index in [9.17, 15) is 4.79 Å². The average molecular weight is 251 g/mol. The van der Waals surface area contributed by atoms with Crippen molar-refractivity contribution in [1.82, 2.24) is 0 Å². The standard InChI is InChI=1S/C14H21NO3/c1-3-11(9-15)8-14(16)18-10-12-5-4-6-13(7-12)17-2/h4-7,11H,3,8-10,15H2,1-2H3. The van der Waals surface area contributed by atoms with Gasteiger partial charge in [-0.1, -0.05) is 25.5 Å². The molecule has 0 spiro atoms. The van der Waals surface area contributed by atoms with Crippen molar-refractivity contribution in [2.24, 2.45) is 11.7 Å². The first-order valence-corrected chi connectivity index (χ1v) is 6.18. The smallest absolute Gasteiger partial charge is 0.306 e. The fraction of sp³-hybridized carbons (Fsp3) is 0.500. The summed E-state index contributed by atoms with van der Waals surface area (Å²) < 4.78 is 10.3. The quantitative estimate of drug-likeness (QED) is 0.754. The van der Waals surface area contributed by atoms with E-state index >= 15 is 0 Å². The molecule has 0 heterocycles. The van der Waals surface area contributed by atoms with Gasteiger partial charge in [-0.05, 0) is 30.2 Å². The molecule has 0 saturated carbocycles. The maximum atomic E-state index is 11.6. The lowest BCUT2D eigenvalue weighted by Gasteiger charge is -2.11. The molecule has 0 aliphatic carbocycles. The van der Waals surface area contributed by atoms with Crippen molar-refractivity contribution < 1.29 is 14.3 Å². The van der Waals surface area contributed by atoms with E-state index in [-0.39, 0.29) is 18.5 Å². The molecule has 1 aromatic carbocycles. The van der Waals surface area contributed by atoms with Gasteiger partial charge < -0.3 is 15.2 Å². The molecule has 1 rings (SSSR count). The molecule has 0 amide bonds. The lowest BCUT2D eigenvalue weighted by molar-refractivity contribution is -0.146. The molecule has 2 N–H and O–H groups in total. The molecule has 4 nitrogen and oxygen atoms in total. The van der Waals surface area contributed by atoms with Gasteiger partial charge in [0.25, 0.3) is 0 Å². The van der Waals surface area contributed by atoms with Crippen LogP contribution in [0.5, 0.6) is 5.75 Å². The lowest BCUT2D eigenvalue weighted by Crippen LogP contribution is -2.18. The maximum Gasteiger partial charge on any atom is 0.306 e. The number of carbonyl (C=O) groups excluding carboxylic acids is 1. The first kappa shape index (κ1) is 14.5. The van der Waals surface area contributed by atoms with Crippen LogP contribution in [-0.4, -0.2) is 19.6 Å². The van der Waals surface area contributed by atoms with Crippen LogP contribution in [0.4, 0.5) is 0 Å². The molecule has 0 aromatic heterocycles. The molecule has 4 heteroatoms. The van der Waals surface area contributed by atoms with Crippen LogP contribution in [0.1, 0.15) is 25.3 Å².